The van der Waals surface area contributed by atoms with E-state index in [9.17, 15) is 14.4 Å². The maximum Gasteiger partial charge on any atom is 0.272 e. The van der Waals surface area contributed by atoms with Crippen LogP contribution in [-0.4, -0.2) is 28.5 Å². The minimum absolute atomic E-state index is 0.0939. The van der Waals surface area contributed by atoms with Crippen LogP contribution in [0.25, 0.3) is 17.0 Å². The molecule has 3 amide bonds. The van der Waals surface area contributed by atoms with E-state index in [-0.39, 0.29) is 23.3 Å². The lowest BCUT2D eigenvalue weighted by Crippen LogP contribution is -2.30. The fourth-order valence-electron chi connectivity index (χ4n) is 4.54. The van der Waals surface area contributed by atoms with Crippen LogP contribution in [0.4, 0.5) is 11.4 Å². The molecule has 1 aromatic heterocycles. The predicted octanol–water partition coefficient (Wildman–Crippen LogP) is 6.93. The fraction of sp³-hybridized carbons (Fsp3) is 0.0882. The number of hydrogen-bond acceptors (Lipinski definition) is 4. The molecule has 0 bridgehead atoms. The highest BCUT2D eigenvalue weighted by Gasteiger charge is 2.16. The standard InChI is InChI=1S/C34H30N4O3S/c1-22-16-23(2)18-27(17-22)36-32(39)21-42-28-14-12-26(13-15-28)37-34(41)31(38-33(40)24-8-4-3-5-9-24)19-25-20-35-30-11-7-6-10-29(25)30/h3-20,35H,21H2,1-2H3,(H,36,39)(H,37,41)(H,38,40). The van der Waals surface area contributed by atoms with E-state index in [1.807, 2.05) is 68.4 Å². The van der Waals surface area contributed by atoms with E-state index in [1.165, 1.54) is 11.8 Å². The highest BCUT2D eigenvalue weighted by atomic mass is 32.2. The Balaban J connectivity index is 1.26. The molecule has 0 atom stereocenters. The van der Waals surface area contributed by atoms with Gasteiger partial charge in [0, 0.05) is 44.5 Å². The van der Waals surface area contributed by atoms with E-state index >= 15 is 0 Å². The van der Waals surface area contributed by atoms with Gasteiger partial charge in [0.25, 0.3) is 11.8 Å². The number of benzene rings is 4. The van der Waals surface area contributed by atoms with Gasteiger partial charge in [-0.15, -0.1) is 11.8 Å². The van der Waals surface area contributed by atoms with Gasteiger partial charge in [-0.25, -0.2) is 0 Å². The molecular formula is C34H30N4O3S. The minimum Gasteiger partial charge on any atom is -0.361 e. The van der Waals surface area contributed by atoms with Gasteiger partial charge in [0.2, 0.25) is 5.91 Å². The number of carbonyl (C=O) groups is 3. The lowest BCUT2D eigenvalue weighted by atomic mass is 10.1. The molecule has 0 aliphatic rings. The van der Waals surface area contributed by atoms with Gasteiger partial charge in [-0.3, -0.25) is 14.4 Å². The Morgan fingerprint density at radius 3 is 2.21 bits per heavy atom. The number of aromatic amines is 1. The van der Waals surface area contributed by atoms with Crippen LogP contribution in [-0.2, 0) is 9.59 Å². The van der Waals surface area contributed by atoms with Gasteiger partial charge in [-0.1, -0.05) is 42.5 Å². The lowest BCUT2D eigenvalue weighted by Gasteiger charge is -2.12. The van der Waals surface area contributed by atoms with Crippen molar-refractivity contribution in [3.05, 3.63) is 131 Å². The third-order valence-corrected chi connectivity index (χ3v) is 7.45. The molecule has 0 spiro atoms. The second kappa shape index (κ2) is 13.1. The van der Waals surface area contributed by atoms with Gasteiger partial charge in [0.15, 0.2) is 0 Å². The molecule has 0 aliphatic heterocycles. The first-order chi connectivity index (χ1) is 20.3. The summed E-state index contributed by atoms with van der Waals surface area (Å²) >= 11 is 1.40. The average Bonchev–Trinajstić information content (AvgIpc) is 3.39. The Kier molecular flexibility index (Phi) is 8.84. The number of hydrogen-bond donors (Lipinski definition) is 4. The van der Waals surface area contributed by atoms with E-state index in [0.29, 0.717) is 11.3 Å². The SMILES string of the molecule is Cc1cc(C)cc(NC(=O)CSc2ccc(NC(=O)C(=Cc3c[nH]c4ccccc34)NC(=O)c3ccccc3)cc2)c1. The number of thioether (sulfide) groups is 1. The summed E-state index contributed by atoms with van der Waals surface area (Å²) in [4.78, 5) is 42.9. The van der Waals surface area contributed by atoms with Gasteiger partial charge < -0.3 is 20.9 Å². The first-order valence-electron chi connectivity index (χ1n) is 13.4. The third-order valence-electron chi connectivity index (χ3n) is 6.44. The van der Waals surface area contributed by atoms with Crippen molar-refractivity contribution in [3.8, 4) is 0 Å². The van der Waals surface area contributed by atoms with Crippen molar-refractivity contribution in [2.75, 3.05) is 16.4 Å². The zero-order chi connectivity index (χ0) is 29.5. The summed E-state index contributed by atoms with van der Waals surface area (Å²) in [5.41, 5.74) is 5.77. The summed E-state index contributed by atoms with van der Waals surface area (Å²) in [6.45, 7) is 3.99. The van der Waals surface area contributed by atoms with Crippen molar-refractivity contribution in [2.45, 2.75) is 18.7 Å². The zero-order valence-corrected chi connectivity index (χ0v) is 24.0. The number of aryl methyl sites for hydroxylation is 2. The summed E-state index contributed by atoms with van der Waals surface area (Å²) < 4.78 is 0. The number of anilines is 2. The molecule has 5 rings (SSSR count). The molecule has 5 aromatic rings. The number of H-pyrrole nitrogens is 1. The van der Waals surface area contributed by atoms with Crippen LogP contribution in [0, 0.1) is 13.8 Å². The van der Waals surface area contributed by atoms with Crippen LogP contribution < -0.4 is 16.0 Å². The van der Waals surface area contributed by atoms with E-state index in [4.69, 9.17) is 0 Å². The molecule has 4 N–H and O–H groups in total. The molecule has 42 heavy (non-hydrogen) atoms. The van der Waals surface area contributed by atoms with E-state index in [0.717, 1.165) is 38.2 Å². The smallest absolute Gasteiger partial charge is 0.272 e. The van der Waals surface area contributed by atoms with Gasteiger partial charge >= 0.3 is 0 Å². The summed E-state index contributed by atoms with van der Waals surface area (Å²) in [6.07, 6.45) is 3.46. The molecule has 8 heteroatoms. The molecule has 0 unspecified atom stereocenters. The Hall–Kier alpha value is -5.08. The van der Waals surface area contributed by atoms with Crippen molar-refractivity contribution in [1.82, 2.24) is 10.3 Å². The number of aromatic nitrogens is 1. The van der Waals surface area contributed by atoms with Crippen LogP contribution in [0.3, 0.4) is 0 Å². The van der Waals surface area contributed by atoms with Crippen molar-refractivity contribution < 1.29 is 14.4 Å². The van der Waals surface area contributed by atoms with Crippen molar-refractivity contribution in [1.29, 1.82) is 0 Å². The van der Waals surface area contributed by atoms with Crippen LogP contribution in [0.5, 0.6) is 0 Å². The Labute approximate surface area is 248 Å². The van der Waals surface area contributed by atoms with Gasteiger partial charge in [-0.05, 0) is 85.6 Å². The topological polar surface area (TPSA) is 103 Å². The number of fused-ring (bicyclic) bond motifs is 1. The summed E-state index contributed by atoms with van der Waals surface area (Å²) in [5, 5.41) is 9.52. The third kappa shape index (κ3) is 7.35. The molecule has 0 fully saturated rings. The molecule has 0 saturated carbocycles. The highest BCUT2D eigenvalue weighted by Crippen LogP contribution is 2.23. The molecule has 1 heterocycles. The molecule has 0 saturated heterocycles. The maximum atomic E-state index is 13.4. The maximum absolute atomic E-state index is 13.4. The van der Waals surface area contributed by atoms with Crippen molar-refractivity contribution in [3.63, 3.8) is 0 Å². The lowest BCUT2D eigenvalue weighted by molar-refractivity contribution is -0.114. The Morgan fingerprint density at radius 1 is 0.786 bits per heavy atom. The van der Waals surface area contributed by atoms with Crippen LogP contribution >= 0.6 is 11.8 Å². The summed E-state index contributed by atoms with van der Waals surface area (Å²) in [7, 11) is 0. The second-order valence-corrected chi connectivity index (χ2v) is 10.9. The highest BCUT2D eigenvalue weighted by molar-refractivity contribution is 8.00. The Morgan fingerprint density at radius 2 is 1.48 bits per heavy atom. The van der Waals surface area contributed by atoms with Crippen molar-refractivity contribution in [2.24, 2.45) is 0 Å². The second-order valence-electron chi connectivity index (χ2n) is 9.86. The zero-order valence-electron chi connectivity index (χ0n) is 23.2. The first-order valence-corrected chi connectivity index (χ1v) is 14.4. The molecule has 7 nitrogen and oxygen atoms in total. The number of para-hydroxylation sites is 1. The number of rotatable bonds is 9. The van der Waals surface area contributed by atoms with E-state index in [2.05, 4.69) is 27.0 Å². The van der Waals surface area contributed by atoms with E-state index in [1.54, 1.807) is 48.7 Å². The van der Waals surface area contributed by atoms with Gasteiger partial charge in [-0.2, -0.15) is 0 Å². The largest absolute Gasteiger partial charge is 0.361 e. The first kappa shape index (κ1) is 28.4. The molecule has 210 valence electrons. The van der Waals surface area contributed by atoms with Crippen molar-refractivity contribution >= 4 is 57.8 Å². The normalized spacial score (nSPS) is 11.2. The van der Waals surface area contributed by atoms with Crippen LogP contribution in [0.2, 0.25) is 0 Å². The Bertz CT molecular complexity index is 1760. The number of nitrogens with one attached hydrogen (secondary N) is 4. The minimum atomic E-state index is -0.460. The molecular weight excluding hydrogens is 544 g/mol. The van der Waals surface area contributed by atoms with Gasteiger partial charge in [0.05, 0.1) is 5.75 Å². The summed E-state index contributed by atoms with van der Waals surface area (Å²) in [5.74, 6) is -0.689. The number of carbonyl (C=O) groups excluding carboxylic acids is 3. The molecule has 4 aromatic carbocycles. The van der Waals surface area contributed by atoms with Crippen LogP contribution in [0.15, 0.2) is 114 Å². The van der Waals surface area contributed by atoms with Crippen LogP contribution in [0.1, 0.15) is 27.0 Å². The molecule has 0 aliphatic carbocycles. The number of amides is 3. The average molecular weight is 575 g/mol. The van der Waals surface area contributed by atoms with Gasteiger partial charge in [0.1, 0.15) is 5.70 Å². The quantitative estimate of drug-likeness (QED) is 0.113. The van der Waals surface area contributed by atoms with E-state index < -0.39 is 5.91 Å². The fourth-order valence-corrected chi connectivity index (χ4v) is 5.24. The predicted molar refractivity (Wildman–Crippen MR) is 171 cm³/mol. The monoisotopic (exact) mass is 574 g/mol. The molecule has 0 radical (unpaired) electrons. The summed E-state index contributed by atoms with van der Waals surface area (Å²) in [6, 6.07) is 29.6.